The van der Waals surface area contributed by atoms with Crippen molar-refractivity contribution in [2.45, 2.75) is 51.7 Å². The summed E-state index contributed by atoms with van der Waals surface area (Å²) in [4.78, 5) is 6.41. The molecule has 5 heteroatoms. The SMILES string of the molecule is CC(C)(C)Cc1cn(C(c2ccccc2)(c2ccccc2)c2ccccc2)c(CC(C)(O)c2ccc(-c3ccns3)cc2)n1. The number of aromatic nitrogens is 3. The number of hydrogen-bond acceptors (Lipinski definition) is 4. The van der Waals surface area contributed by atoms with Gasteiger partial charge in [-0.3, -0.25) is 0 Å². The number of imidazole rings is 1. The molecule has 1 unspecified atom stereocenters. The molecule has 0 amide bonds. The molecule has 6 aromatic rings. The van der Waals surface area contributed by atoms with Gasteiger partial charge in [0.05, 0.1) is 16.2 Å². The molecule has 0 spiro atoms. The lowest BCUT2D eigenvalue weighted by molar-refractivity contribution is 0.0540. The van der Waals surface area contributed by atoms with E-state index in [1.807, 2.05) is 31.3 Å². The summed E-state index contributed by atoms with van der Waals surface area (Å²) in [6.45, 7) is 8.62. The molecule has 2 heterocycles. The summed E-state index contributed by atoms with van der Waals surface area (Å²) >= 11 is 1.47. The average Bonchev–Trinajstić information content (AvgIpc) is 3.69. The molecular formula is C39H39N3OS. The molecule has 0 saturated heterocycles. The quantitative estimate of drug-likeness (QED) is 0.169. The fourth-order valence-electron chi connectivity index (χ4n) is 6.24. The first-order valence-corrected chi connectivity index (χ1v) is 15.9. The van der Waals surface area contributed by atoms with Gasteiger partial charge in [0.1, 0.15) is 11.4 Å². The highest BCUT2D eigenvalue weighted by Crippen LogP contribution is 2.43. The standard InChI is InChI=1S/C39H39N3OS/c1-37(2,3)26-34-28-42(36(41-34)27-38(4,43)30-22-20-29(21-23-30)35-24-25-40-44-35)39(31-14-8-5-9-15-31,32-16-10-6-11-17-32)33-18-12-7-13-19-33/h5-25,28,43H,26-27H2,1-4H3. The van der Waals surface area contributed by atoms with Crippen LogP contribution in [-0.4, -0.2) is 19.0 Å². The van der Waals surface area contributed by atoms with Gasteiger partial charge < -0.3 is 9.67 Å². The number of rotatable bonds is 9. The predicted molar refractivity (Wildman–Crippen MR) is 181 cm³/mol. The Balaban J connectivity index is 1.56. The highest BCUT2D eigenvalue weighted by molar-refractivity contribution is 7.09. The minimum Gasteiger partial charge on any atom is -0.385 e. The van der Waals surface area contributed by atoms with Crippen molar-refractivity contribution in [3.8, 4) is 10.4 Å². The molecule has 0 bridgehead atoms. The topological polar surface area (TPSA) is 50.9 Å². The van der Waals surface area contributed by atoms with Crippen LogP contribution >= 0.6 is 11.5 Å². The molecule has 1 N–H and O–H groups in total. The number of nitrogens with zero attached hydrogens (tertiary/aromatic N) is 3. The van der Waals surface area contributed by atoms with Crippen molar-refractivity contribution in [2.24, 2.45) is 5.41 Å². The second-order valence-electron chi connectivity index (χ2n) is 13.0. The maximum absolute atomic E-state index is 12.1. The van der Waals surface area contributed by atoms with Crippen molar-refractivity contribution >= 4 is 11.5 Å². The van der Waals surface area contributed by atoms with E-state index >= 15 is 0 Å². The molecule has 222 valence electrons. The van der Waals surface area contributed by atoms with E-state index in [1.54, 1.807) is 0 Å². The van der Waals surface area contributed by atoms with Crippen LogP contribution in [0.3, 0.4) is 0 Å². The molecule has 0 aliphatic carbocycles. The van der Waals surface area contributed by atoms with Crippen LogP contribution in [0.25, 0.3) is 10.4 Å². The lowest BCUT2D eigenvalue weighted by Crippen LogP contribution is -2.40. The summed E-state index contributed by atoms with van der Waals surface area (Å²) in [7, 11) is 0. The van der Waals surface area contributed by atoms with E-state index in [0.717, 1.165) is 50.6 Å². The van der Waals surface area contributed by atoms with Gasteiger partial charge in [0.25, 0.3) is 0 Å². The van der Waals surface area contributed by atoms with Gasteiger partial charge in [-0.25, -0.2) is 9.36 Å². The molecule has 44 heavy (non-hydrogen) atoms. The van der Waals surface area contributed by atoms with Crippen molar-refractivity contribution in [3.05, 3.63) is 167 Å². The zero-order valence-electron chi connectivity index (χ0n) is 25.8. The predicted octanol–water partition coefficient (Wildman–Crippen LogP) is 8.89. The summed E-state index contributed by atoms with van der Waals surface area (Å²) in [5, 5.41) is 12.1. The van der Waals surface area contributed by atoms with Crippen LogP contribution in [-0.2, 0) is 24.0 Å². The van der Waals surface area contributed by atoms with Crippen LogP contribution in [0.2, 0.25) is 0 Å². The first kappa shape index (κ1) is 29.7. The summed E-state index contributed by atoms with van der Waals surface area (Å²) in [5.41, 5.74) is 4.51. The Bertz CT molecular complexity index is 1690. The van der Waals surface area contributed by atoms with Crippen LogP contribution < -0.4 is 0 Å². The van der Waals surface area contributed by atoms with Crippen molar-refractivity contribution in [2.75, 3.05) is 0 Å². The highest BCUT2D eigenvalue weighted by Gasteiger charge is 2.41. The van der Waals surface area contributed by atoms with Gasteiger partial charge >= 0.3 is 0 Å². The van der Waals surface area contributed by atoms with Crippen molar-refractivity contribution in [1.82, 2.24) is 13.9 Å². The molecule has 0 aliphatic heterocycles. The molecule has 6 rings (SSSR count). The van der Waals surface area contributed by atoms with E-state index in [4.69, 9.17) is 4.98 Å². The van der Waals surface area contributed by atoms with Crippen LogP contribution in [0.4, 0.5) is 0 Å². The number of benzene rings is 4. The molecular weight excluding hydrogens is 559 g/mol. The third kappa shape index (κ3) is 5.90. The normalized spacial score (nSPS) is 13.5. The maximum Gasteiger partial charge on any atom is 0.121 e. The van der Waals surface area contributed by atoms with Crippen molar-refractivity contribution < 1.29 is 5.11 Å². The van der Waals surface area contributed by atoms with Gasteiger partial charge in [-0.05, 0) is 64.2 Å². The Kier molecular flexibility index (Phi) is 8.10. The van der Waals surface area contributed by atoms with E-state index in [0.29, 0.717) is 6.42 Å². The summed E-state index contributed by atoms with van der Waals surface area (Å²) in [6, 6.07) is 42.2. The highest BCUT2D eigenvalue weighted by atomic mass is 32.1. The van der Waals surface area contributed by atoms with Gasteiger partial charge in [-0.1, -0.05) is 136 Å². The van der Waals surface area contributed by atoms with Crippen molar-refractivity contribution in [3.63, 3.8) is 0 Å². The molecule has 0 aliphatic rings. The number of aliphatic hydroxyl groups is 1. The molecule has 0 saturated carbocycles. The van der Waals surface area contributed by atoms with Gasteiger partial charge in [0.2, 0.25) is 0 Å². The Morgan fingerprint density at radius 1 is 0.636 bits per heavy atom. The monoisotopic (exact) mass is 597 g/mol. The third-order valence-corrected chi connectivity index (χ3v) is 9.00. The molecule has 0 radical (unpaired) electrons. The van der Waals surface area contributed by atoms with E-state index < -0.39 is 11.1 Å². The van der Waals surface area contributed by atoms with Crippen LogP contribution in [0.15, 0.2) is 134 Å². The minimum atomic E-state index is -1.16. The van der Waals surface area contributed by atoms with E-state index in [1.165, 1.54) is 11.5 Å². The Morgan fingerprint density at radius 2 is 1.16 bits per heavy atom. The maximum atomic E-state index is 12.1. The molecule has 1 atom stereocenters. The van der Waals surface area contributed by atoms with E-state index in [-0.39, 0.29) is 5.41 Å². The second kappa shape index (κ2) is 12.0. The summed E-state index contributed by atoms with van der Waals surface area (Å²) in [6.07, 6.45) is 5.19. The van der Waals surface area contributed by atoms with Crippen LogP contribution in [0.1, 0.15) is 61.5 Å². The Hall–Kier alpha value is -4.32. The van der Waals surface area contributed by atoms with Gasteiger partial charge in [0, 0.05) is 18.8 Å². The molecule has 0 fully saturated rings. The fourth-order valence-corrected chi connectivity index (χ4v) is 6.84. The molecule has 4 nitrogen and oxygen atoms in total. The molecule has 4 aromatic carbocycles. The summed E-state index contributed by atoms with van der Waals surface area (Å²) in [5.74, 6) is 0.831. The Morgan fingerprint density at radius 3 is 1.61 bits per heavy atom. The lowest BCUT2D eigenvalue weighted by atomic mass is 9.76. The van der Waals surface area contributed by atoms with E-state index in [2.05, 4.69) is 139 Å². The first-order chi connectivity index (χ1) is 21.2. The average molecular weight is 598 g/mol. The van der Waals surface area contributed by atoms with Crippen LogP contribution in [0, 0.1) is 5.41 Å². The van der Waals surface area contributed by atoms with Crippen molar-refractivity contribution in [1.29, 1.82) is 0 Å². The van der Waals surface area contributed by atoms with Crippen LogP contribution in [0.5, 0.6) is 0 Å². The fraction of sp³-hybridized carbons (Fsp3) is 0.231. The summed E-state index contributed by atoms with van der Waals surface area (Å²) < 4.78 is 6.57. The zero-order valence-corrected chi connectivity index (χ0v) is 26.6. The van der Waals surface area contributed by atoms with Gasteiger partial charge in [0.15, 0.2) is 0 Å². The number of hydrogen-bond donors (Lipinski definition) is 1. The second-order valence-corrected chi connectivity index (χ2v) is 13.8. The smallest absolute Gasteiger partial charge is 0.121 e. The lowest BCUT2D eigenvalue weighted by Gasteiger charge is -2.39. The Labute approximate surface area is 264 Å². The van der Waals surface area contributed by atoms with Gasteiger partial charge in [-0.15, -0.1) is 0 Å². The third-order valence-electron chi connectivity index (χ3n) is 8.21. The zero-order chi connectivity index (χ0) is 30.8. The van der Waals surface area contributed by atoms with E-state index in [9.17, 15) is 5.11 Å². The van der Waals surface area contributed by atoms with Gasteiger partial charge in [-0.2, -0.15) is 0 Å². The molecule has 2 aromatic heterocycles. The first-order valence-electron chi connectivity index (χ1n) is 15.1. The minimum absolute atomic E-state index is 0.0420. The largest absolute Gasteiger partial charge is 0.385 e.